The van der Waals surface area contributed by atoms with Crippen molar-refractivity contribution in [2.75, 3.05) is 13.7 Å². The number of hydrogen-bond acceptors (Lipinski definition) is 2. The molecule has 2 nitrogen and oxygen atoms in total. The van der Waals surface area contributed by atoms with Gasteiger partial charge in [-0.1, -0.05) is 32.9 Å². The molecule has 0 saturated heterocycles. The van der Waals surface area contributed by atoms with E-state index < -0.39 is 0 Å². The summed E-state index contributed by atoms with van der Waals surface area (Å²) in [7, 11) is 1.70. The van der Waals surface area contributed by atoms with Crippen molar-refractivity contribution in [1.82, 2.24) is 0 Å². The number of aliphatic hydroxyl groups excluding tert-OH is 1. The molecule has 1 N–H and O–H groups in total. The molecule has 1 aromatic rings. The first-order valence-corrected chi connectivity index (χ1v) is 6.29. The standard InChI is InChI=1S/C15H22O2/c1-5-11-6-7-13(17-4)12(8-11)15(10-16)9-14(15,2)3/h6-8,16H,5,9-10H2,1-4H3. The Morgan fingerprint density at radius 2 is 2.00 bits per heavy atom. The molecular formula is C15H22O2. The molecule has 0 bridgehead atoms. The van der Waals surface area contributed by atoms with Crippen LogP contribution in [-0.4, -0.2) is 18.8 Å². The van der Waals surface area contributed by atoms with Gasteiger partial charge < -0.3 is 9.84 Å². The molecule has 1 aliphatic carbocycles. The molecule has 17 heavy (non-hydrogen) atoms. The predicted octanol–water partition coefficient (Wildman–Crippen LogP) is 2.92. The lowest BCUT2D eigenvalue weighted by Gasteiger charge is -2.22. The quantitative estimate of drug-likeness (QED) is 0.868. The molecule has 0 radical (unpaired) electrons. The number of ether oxygens (including phenoxy) is 1. The molecule has 1 atom stereocenters. The maximum Gasteiger partial charge on any atom is 0.122 e. The molecule has 0 aliphatic heterocycles. The smallest absolute Gasteiger partial charge is 0.122 e. The van der Waals surface area contributed by atoms with Crippen LogP contribution in [-0.2, 0) is 11.8 Å². The number of methoxy groups -OCH3 is 1. The van der Waals surface area contributed by atoms with Crippen LogP contribution in [0.25, 0.3) is 0 Å². The summed E-state index contributed by atoms with van der Waals surface area (Å²) in [6.45, 7) is 6.77. The highest BCUT2D eigenvalue weighted by Crippen LogP contribution is 2.65. The third-order valence-corrected chi connectivity index (χ3v) is 4.37. The average Bonchev–Trinajstić information content (AvgIpc) is 2.92. The first-order chi connectivity index (χ1) is 8.00. The van der Waals surface area contributed by atoms with E-state index in [1.807, 2.05) is 6.07 Å². The molecule has 0 heterocycles. The second kappa shape index (κ2) is 4.02. The number of aliphatic hydroxyl groups is 1. The maximum atomic E-state index is 9.77. The van der Waals surface area contributed by atoms with Crippen LogP contribution in [0, 0.1) is 5.41 Å². The Hall–Kier alpha value is -1.02. The summed E-state index contributed by atoms with van der Waals surface area (Å²) < 4.78 is 5.46. The topological polar surface area (TPSA) is 29.5 Å². The van der Waals surface area contributed by atoms with Crippen molar-refractivity contribution in [3.63, 3.8) is 0 Å². The second-order valence-corrected chi connectivity index (χ2v) is 5.69. The van der Waals surface area contributed by atoms with Gasteiger partial charge in [0, 0.05) is 11.0 Å². The SMILES string of the molecule is CCc1ccc(OC)c(C2(CO)CC2(C)C)c1. The number of rotatable bonds is 4. The lowest BCUT2D eigenvalue weighted by atomic mass is 9.87. The first kappa shape index (κ1) is 12.4. The third kappa shape index (κ3) is 1.75. The highest BCUT2D eigenvalue weighted by molar-refractivity contribution is 5.48. The molecule has 2 heteroatoms. The van der Waals surface area contributed by atoms with Gasteiger partial charge >= 0.3 is 0 Å². The zero-order valence-corrected chi connectivity index (χ0v) is 11.2. The Morgan fingerprint density at radius 1 is 1.35 bits per heavy atom. The van der Waals surface area contributed by atoms with Gasteiger partial charge in [0.1, 0.15) is 5.75 Å². The van der Waals surface area contributed by atoms with Crippen LogP contribution in [0.15, 0.2) is 18.2 Å². The molecule has 1 unspecified atom stereocenters. The highest BCUT2D eigenvalue weighted by atomic mass is 16.5. The van der Waals surface area contributed by atoms with Gasteiger partial charge in [-0.3, -0.25) is 0 Å². The van der Waals surface area contributed by atoms with E-state index in [-0.39, 0.29) is 17.4 Å². The largest absolute Gasteiger partial charge is 0.496 e. The highest BCUT2D eigenvalue weighted by Gasteiger charge is 2.62. The van der Waals surface area contributed by atoms with E-state index in [2.05, 4.69) is 32.9 Å². The summed E-state index contributed by atoms with van der Waals surface area (Å²) in [6, 6.07) is 6.33. The van der Waals surface area contributed by atoms with Crippen LogP contribution in [0.4, 0.5) is 0 Å². The Morgan fingerprint density at radius 3 is 2.41 bits per heavy atom. The van der Waals surface area contributed by atoms with E-state index in [9.17, 15) is 5.11 Å². The van der Waals surface area contributed by atoms with Gasteiger partial charge in [-0.05, 0) is 29.9 Å². The fourth-order valence-corrected chi connectivity index (χ4v) is 2.87. The Kier molecular flexibility index (Phi) is 2.94. The fourth-order valence-electron chi connectivity index (χ4n) is 2.87. The summed E-state index contributed by atoms with van der Waals surface area (Å²) in [4.78, 5) is 0. The lowest BCUT2D eigenvalue weighted by Crippen LogP contribution is -2.20. The summed E-state index contributed by atoms with van der Waals surface area (Å²) in [6.07, 6.45) is 2.04. The van der Waals surface area contributed by atoms with Crippen molar-refractivity contribution in [2.24, 2.45) is 5.41 Å². The Bertz CT molecular complexity index is 423. The Balaban J connectivity index is 2.50. The van der Waals surface area contributed by atoms with Crippen molar-refractivity contribution < 1.29 is 9.84 Å². The van der Waals surface area contributed by atoms with Crippen molar-refractivity contribution in [1.29, 1.82) is 0 Å². The predicted molar refractivity (Wildman–Crippen MR) is 69.5 cm³/mol. The third-order valence-electron chi connectivity index (χ3n) is 4.37. The second-order valence-electron chi connectivity index (χ2n) is 5.69. The summed E-state index contributed by atoms with van der Waals surface area (Å²) in [5, 5.41) is 9.77. The minimum Gasteiger partial charge on any atom is -0.496 e. The maximum absolute atomic E-state index is 9.77. The van der Waals surface area contributed by atoms with Gasteiger partial charge in [0.05, 0.1) is 13.7 Å². The monoisotopic (exact) mass is 234 g/mol. The number of benzene rings is 1. The Labute approximate surface area is 104 Å². The van der Waals surface area contributed by atoms with Gasteiger partial charge in [-0.2, -0.15) is 0 Å². The fraction of sp³-hybridized carbons (Fsp3) is 0.600. The van der Waals surface area contributed by atoms with Crippen LogP contribution >= 0.6 is 0 Å². The molecule has 0 spiro atoms. The number of aryl methyl sites for hydroxylation is 1. The van der Waals surface area contributed by atoms with Crippen LogP contribution in [0.5, 0.6) is 5.75 Å². The summed E-state index contributed by atoms with van der Waals surface area (Å²) >= 11 is 0. The van der Waals surface area contributed by atoms with E-state index >= 15 is 0 Å². The molecule has 1 saturated carbocycles. The van der Waals surface area contributed by atoms with Crippen LogP contribution in [0.2, 0.25) is 0 Å². The minimum absolute atomic E-state index is 0.108. The molecule has 0 aromatic heterocycles. The van der Waals surface area contributed by atoms with E-state index in [4.69, 9.17) is 4.74 Å². The van der Waals surface area contributed by atoms with Crippen LogP contribution in [0.1, 0.15) is 38.3 Å². The van der Waals surface area contributed by atoms with E-state index in [0.29, 0.717) is 0 Å². The first-order valence-electron chi connectivity index (χ1n) is 6.29. The average molecular weight is 234 g/mol. The minimum atomic E-state index is -0.108. The van der Waals surface area contributed by atoms with Crippen molar-refractivity contribution in [3.8, 4) is 5.75 Å². The normalized spacial score (nSPS) is 25.7. The molecule has 1 aliphatic rings. The van der Waals surface area contributed by atoms with Crippen LogP contribution < -0.4 is 4.74 Å². The lowest BCUT2D eigenvalue weighted by molar-refractivity contribution is 0.228. The van der Waals surface area contributed by atoms with Gasteiger partial charge in [-0.15, -0.1) is 0 Å². The molecule has 2 rings (SSSR count). The van der Waals surface area contributed by atoms with Gasteiger partial charge in [0.15, 0.2) is 0 Å². The van der Waals surface area contributed by atoms with Gasteiger partial charge in [0.2, 0.25) is 0 Å². The summed E-state index contributed by atoms with van der Waals surface area (Å²) in [5.74, 6) is 0.904. The van der Waals surface area contributed by atoms with Gasteiger partial charge in [0.25, 0.3) is 0 Å². The molecule has 0 amide bonds. The number of hydrogen-bond donors (Lipinski definition) is 1. The zero-order valence-electron chi connectivity index (χ0n) is 11.2. The zero-order chi connectivity index (χ0) is 12.7. The molecule has 1 fully saturated rings. The van der Waals surface area contributed by atoms with E-state index in [1.165, 1.54) is 11.1 Å². The molecule has 94 valence electrons. The van der Waals surface area contributed by atoms with Crippen molar-refractivity contribution in [2.45, 2.75) is 39.0 Å². The van der Waals surface area contributed by atoms with Crippen LogP contribution in [0.3, 0.4) is 0 Å². The molecular weight excluding hydrogens is 212 g/mol. The van der Waals surface area contributed by atoms with E-state index in [1.54, 1.807) is 7.11 Å². The van der Waals surface area contributed by atoms with Gasteiger partial charge in [-0.25, -0.2) is 0 Å². The molecule has 1 aromatic carbocycles. The van der Waals surface area contributed by atoms with Crippen molar-refractivity contribution >= 4 is 0 Å². The summed E-state index contributed by atoms with van der Waals surface area (Å²) in [5.41, 5.74) is 2.54. The van der Waals surface area contributed by atoms with E-state index in [0.717, 1.165) is 18.6 Å². The van der Waals surface area contributed by atoms with Crippen molar-refractivity contribution in [3.05, 3.63) is 29.3 Å².